The summed E-state index contributed by atoms with van der Waals surface area (Å²) < 4.78 is 0. The van der Waals surface area contributed by atoms with E-state index < -0.39 is 0 Å². The van der Waals surface area contributed by atoms with Crippen molar-refractivity contribution in [3.63, 3.8) is 0 Å². The molecule has 0 saturated heterocycles. The molecular formula is C10H21NO. The number of unbranched alkanes of at least 4 members (excludes halogenated alkanes) is 1. The quantitative estimate of drug-likeness (QED) is 0.621. The largest absolute Gasteiger partial charge is 0.330 e. The molecule has 12 heavy (non-hydrogen) atoms. The maximum atomic E-state index is 11.4. The Labute approximate surface area is 75.5 Å². The van der Waals surface area contributed by atoms with Crippen LogP contribution in [0.2, 0.25) is 0 Å². The lowest BCUT2D eigenvalue weighted by atomic mass is 9.92. The lowest BCUT2D eigenvalue weighted by Gasteiger charge is -2.11. The van der Waals surface area contributed by atoms with Gasteiger partial charge in [0.15, 0.2) is 0 Å². The van der Waals surface area contributed by atoms with Crippen LogP contribution in [-0.2, 0) is 4.79 Å². The van der Waals surface area contributed by atoms with Crippen LogP contribution >= 0.6 is 0 Å². The molecule has 0 aromatic carbocycles. The van der Waals surface area contributed by atoms with Gasteiger partial charge in [0.05, 0.1) is 0 Å². The minimum absolute atomic E-state index is 0.179. The van der Waals surface area contributed by atoms with E-state index in [1.165, 1.54) is 0 Å². The number of rotatable bonds is 6. The van der Waals surface area contributed by atoms with Gasteiger partial charge >= 0.3 is 0 Å². The molecular weight excluding hydrogens is 150 g/mol. The average molecular weight is 171 g/mol. The zero-order valence-corrected chi connectivity index (χ0v) is 8.47. The van der Waals surface area contributed by atoms with E-state index in [0.29, 0.717) is 5.78 Å². The molecule has 2 heteroatoms. The Bertz CT molecular complexity index is 132. The SMILES string of the molecule is CC(C)C(=O)[C@H](C)CCCCN. The second kappa shape index (κ2) is 6.18. The Balaban J connectivity index is 3.57. The van der Waals surface area contributed by atoms with Crippen molar-refractivity contribution in [1.29, 1.82) is 0 Å². The van der Waals surface area contributed by atoms with Crippen LogP contribution in [0.25, 0.3) is 0 Å². The number of hydrogen-bond donors (Lipinski definition) is 1. The third-order valence-electron chi connectivity index (χ3n) is 2.15. The molecule has 0 amide bonds. The highest BCUT2D eigenvalue weighted by atomic mass is 16.1. The molecule has 0 spiro atoms. The molecule has 0 aromatic rings. The van der Waals surface area contributed by atoms with Gasteiger partial charge in [0, 0.05) is 11.8 Å². The van der Waals surface area contributed by atoms with Crippen molar-refractivity contribution in [1.82, 2.24) is 0 Å². The summed E-state index contributed by atoms with van der Waals surface area (Å²) >= 11 is 0. The smallest absolute Gasteiger partial charge is 0.138 e. The van der Waals surface area contributed by atoms with Crippen molar-refractivity contribution in [3.05, 3.63) is 0 Å². The molecule has 0 fully saturated rings. The number of carbonyl (C=O) groups excluding carboxylic acids is 1. The summed E-state index contributed by atoms with van der Waals surface area (Å²) in [6, 6.07) is 0. The standard InChI is InChI=1S/C10H21NO/c1-8(2)10(12)9(3)6-4-5-7-11/h8-9H,4-7,11H2,1-3H3/t9-/m1/s1. The first-order valence-corrected chi connectivity index (χ1v) is 4.83. The van der Waals surface area contributed by atoms with Gasteiger partial charge in [0.2, 0.25) is 0 Å². The van der Waals surface area contributed by atoms with Crippen LogP contribution in [0.4, 0.5) is 0 Å². The normalized spacial score (nSPS) is 13.4. The van der Waals surface area contributed by atoms with Crippen LogP contribution in [0.1, 0.15) is 40.0 Å². The minimum atomic E-state index is 0.179. The number of hydrogen-bond acceptors (Lipinski definition) is 2. The summed E-state index contributed by atoms with van der Waals surface area (Å²) in [5.74, 6) is 0.779. The Morgan fingerprint density at radius 1 is 1.25 bits per heavy atom. The molecule has 0 aliphatic rings. The molecule has 0 bridgehead atoms. The molecule has 0 aliphatic carbocycles. The topological polar surface area (TPSA) is 43.1 Å². The molecule has 72 valence electrons. The fraction of sp³-hybridized carbons (Fsp3) is 0.900. The summed E-state index contributed by atoms with van der Waals surface area (Å²) in [6.45, 7) is 6.67. The summed E-state index contributed by atoms with van der Waals surface area (Å²) in [4.78, 5) is 11.4. The van der Waals surface area contributed by atoms with Crippen molar-refractivity contribution >= 4 is 5.78 Å². The van der Waals surface area contributed by atoms with Crippen molar-refractivity contribution in [2.45, 2.75) is 40.0 Å². The molecule has 2 N–H and O–H groups in total. The Morgan fingerprint density at radius 2 is 1.83 bits per heavy atom. The maximum Gasteiger partial charge on any atom is 0.138 e. The monoisotopic (exact) mass is 171 g/mol. The zero-order chi connectivity index (χ0) is 9.56. The van der Waals surface area contributed by atoms with Crippen LogP contribution < -0.4 is 5.73 Å². The van der Waals surface area contributed by atoms with Crippen molar-refractivity contribution in [2.24, 2.45) is 17.6 Å². The van der Waals surface area contributed by atoms with E-state index in [1.807, 2.05) is 20.8 Å². The molecule has 0 radical (unpaired) electrons. The molecule has 1 atom stereocenters. The van der Waals surface area contributed by atoms with Gasteiger partial charge < -0.3 is 5.73 Å². The fourth-order valence-electron chi connectivity index (χ4n) is 1.31. The Hall–Kier alpha value is -0.370. The third kappa shape index (κ3) is 4.50. The first kappa shape index (κ1) is 11.6. The van der Waals surface area contributed by atoms with Crippen LogP contribution in [0.5, 0.6) is 0 Å². The van der Waals surface area contributed by atoms with Gasteiger partial charge in [-0.05, 0) is 19.4 Å². The van der Waals surface area contributed by atoms with Crippen LogP contribution in [-0.4, -0.2) is 12.3 Å². The van der Waals surface area contributed by atoms with E-state index >= 15 is 0 Å². The Morgan fingerprint density at radius 3 is 2.25 bits per heavy atom. The van der Waals surface area contributed by atoms with Crippen molar-refractivity contribution in [2.75, 3.05) is 6.54 Å². The number of carbonyl (C=O) groups is 1. The van der Waals surface area contributed by atoms with Crippen LogP contribution in [0.15, 0.2) is 0 Å². The molecule has 0 rings (SSSR count). The maximum absolute atomic E-state index is 11.4. The van der Waals surface area contributed by atoms with Gasteiger partial charge in [-0.2, -0.15) is 0 Å². The highest BCUT2D eigenvalue weighted by Gasteiger charge is 2.15. The van der Waals surface area contributed by atoms with Gasteiger partial charge in [-0.1, -0.05) is 27.2 Å². The van der Waals surface area contributed by atoms with Crippen LogP contribution in [0, 0.1) is 11.8 Å². The minimum Gasteiger partial charge on any atom is -0.330 e. The lowest BCUT2D eigenvalue weighted by molar-refractivity contribution is -0.125. The summed E-state index contributed by atoms with van der Waals surface area (Å²) in [7, 11) is 0. The highest BCUT2D eigenvalue weighted by Crippen LogP contribution is 2.13. The third-order valence-corrected chi connectivity index (χ3v) is 2.15. The molecule has 0 saturated carbocycles. The van der Waals surface area contributed by atoms with Gasteiger partial charge in [0.1, 0.15) is 5.78 Å². The van der Waals surface area contributed by atoms with E-state index in [4.69, 9.17) is 5.73 Å². The summed E-state index contributed by atoms with van der Waals surface area (Å²) in [5, 5.41) is 0. The second-order valence-electron chi connectivity index (χ2n) is 3.74. The zero-order valence-electron chi connectivity index (χ0n) is 8.47. The van der Waals surface area contributed by atoms with E-state index in [9.17, 15) is 4.79 Å². The van der Waals surface area contributed by atoms with Gasteiger partial charge in [-0.25, -0.2) is 0 Å². The molecule has 2 nitrogen and oxygen atoms in total. The van der Waals surface area contributed by atoms with E-state index in [-0.39, 0.29) is 11.8 Å². The molecule has 0 heterocycles. The first-order chi connectivity index (χ1) is 5.59. The average Bonchev–Trinajstić information content (AvgIpc) is 2.03. The lowest BCUT2D eigenvalue weighted by Crippen LogP contribution is -2.17. The van der Waals surface area contributed by atoms with E-state index in [0.717, 1.165) is 25.8 Å². The molecule has 0 aromatic heterocycles. The van der Waals surface area contributed by atoms with Gasteiger partial charge in [-0.3, -0.25) is 4.79 Å². The van der Waals surface area contributed by atoms with E-state index in [2.05, 4.69) is 0 Å². The molecule has 0 aliphatic heterocycles. The van der Waals surface area contributed by atoms with Gasteiger partial charge in [-0.15, -0.1) is 0 Å². The second-order valence-corrected chi connectivity index (χ2v) is 3.74. The molecule has 0 unspecified atom stereocenters. The number of nitrogens with two attached hydrogens (primary N) is 1. The predicted octanol–water partition coefficient (Wildman–Crippen LogP) is 1.98. The predicted molar refractivity (Wildman–Crippen MR) is 51.9 cm³/mol. The van der Waals surface area contributed by atoms with E-state index in [1.54, 1.807) is 0 Å². The summed E-state index contributed by atoms with van der Waals surface area (Å²) in [5.41, 5.74) is 5.37. The fourth-order valence-corrected chi connectivity index (χ4v) is 1.31. The van der Waals surface area contributed by atoms with Crippen LogP contribution in [0.3, 0.4) is 0 Å². The highest BCUT2D eigenvalue weighted by molar-refractivity contribution is 5.82. The Kier molecular flexibility index (Phi) is 5.99. The number of Topliss-reactive ketones (excluding diaryl/α,β-unsaturated/α-hetero) is 1. The van der Waals surface area contributed by atoms with Crippen molar-refractivity contribution < 1.29 is 4.79 Å². The van der Waals surface area contributed by atoms with Crippen molar-refractivity contribution in [3.8, 4) is 0 Å². The van der Waals surface area contributed by atoms with Gasteiger partial charge in [0.25, 0.3) is 0 Å². The summed E-state index contributed by atoms with van der Waals surface area (Å²) in [6.07, 6.45) is 3.11. The number of ketones is 1. The first-order valence-electron chi connectivity index (χ1n) is 4.83.